The molecule has 0 unspecified atom stereocenters. The van der Waals surface area contributed by atoms with E-state index in [2.05, 4.69) is 27.1 Å². The molecule has 1 N–H and O–H groups in total. The number of nitrogens with one attached hydrogen (secondary N) is 1. The van der Waals surface area contributed by atoms with Crippen molar-refractivity contribution in [2.45, 2.75) is 32.0 Å². The van der Waals surface area contributed by atoms with Gasteiger partial charge in [-0.1, -0.05) is 31.7 Å². The number of carbonyl (C=O) groups excluding carboxylic acids is 2. The van der Waals surface area contributed by atoms with Gasteiger partial charge in [0.25, 0.3) is 0 Å². The lowest BCUT2D eigenvalue weighted by Gasteiger charge is -2.09. The van der Waals surface area contributed by atoms with E-state index < -0.39 is 0 Å². The van der Waals surface area contributed by atoms with Gasteiger partial charge in [-0.15, -0.1) is 16.8 Å². The van der Waals surface area contributed by atoms with E-state index in [1.54, 1.807) is 42.7 Å². The van der Waals surface area contributed by atoms with E-state index in [-0.39, 0.29) is 17.4 Å². The van der Waals surface area contributed by atoms with Gasteiger partial charge in [0.2, 0.25) is 5.91 Å². The van der Waals surface area contributed by atoms with Crippen LogP contribution in [-0.4, -0.2) is 37.2 Å². The van der Waals surface area contributed by atoms with Crippen molar-refractivity contribution in [1.82, 2.24) is 19.7 Å². The van der Waals surface area contributed by atoms with Crippen LogP contribution in [0.2, 0.25) is 0 Å². The van der Waals surface area contributed by atoms with Gasteiger partial charge >= 0.3 is 0 Å². The Bertz CT molecular complexity index is 1050. The first-order chi connectivity index (χ1) is 15.0. The van der Waals surface area contributed by atoms with Crippen LogP contribution in [0, 0.1) is 5.92 Å². The molecule has 7 nitrogen and oxygen atoms in total. The highest BCUT2D eigenvalue weighted by atomic mass is 32.2. The molecule has 0 fully saturated rings. The molecule has 160 valence electrons. The van der Waals surface area contributed by atoms with E-state index in [1.807, 2.05) is 30.5 Å². The predicted octanol–water partition coefficient (Wildman–Crippen LogP) is 4.49. The van der Waals surface area contributed by atoms with Crippen LogP contribution in [0.1, 0.15) is 30.6 Å². The first kappa shape index (κ1) is 22.4. The molecule has 1 amide bonds. The van der Waals surface area contributed by atoms with E-state index in [0.29, 0.717) is 41.1 Å². The second-order valence-corrected chi connectivity index (χ2v) is 8.32. The molecule has 1 aromatic carbocycles. The third-order valence-electron chi connectivity index (χ3n) is 4.38. The molecule has 0 aliphatic rings. The molecule has 0 spiro atoms. The van der Waals surface area contributed by atoms with Crippen molar-refractivity contribution in [3.8, 4) is 11.4 Å². The Labute approximate surface area is 186 Å². The summed E-state index contributed by atoms with van der Waals surface area (Å²) in [4.78, 5) is 28.6. The fourth-order valence-electron chi connectivity index (χ4n) is 2.94. The number of rotatable bonds is 10. The molecule has 0 radical (unpaired) electrons. The van der Waals surface area contributed by atoms with E-state index in [9.17, 15) is 9.59 Å². The lowest BCUT2D eigenvalue weighted by atomic mass is 10.1. The molecule has 3 aromatic rings. The summed E-state index contributed by atoms with van der Waals surface area (Å²) >= 11 is 1.33. The number of carbonyl (C=O) groups is 2. The van der Waals surface area contributed by atoms with Gasteiger partial charge in [-0.2, -0.15) is 0 Å². The summed E-state index contributed by atoms with van der Waals surface area (Å²) in [5.41, 5.74) is 2.17. The van der Waals surface area contributed by atoms with Crippen LogP contribution in [0.4, 0.5) is 5.69 Å². The fraction of sp³-hybridized carbons (Fsp3) is 0.261. The van der Waals surface area contributed by atoms with Gasteiger partial charge in [0, 0.05) is 42.2 Å². The van der Waals surface area contributed by atoms with Crippen LogP contribution in [0.5, 0.6) is 0 Å². The summed E-state index contributed by atoms with van der Waals surface area (Å²) in [7, 11) is 0. The number of benzene rings is 1. The Balaban J connectivity index is 1.65. The van der Waals surface area contributed by atoms with Gasteiger partial charge in [-0.3, -0.25) is 19.1 Å². The average Bonchev–Trinajstić information content (AvgIpc) is 3.15. The Kier molecular flexibility index (Phi) is 7.72. The molecule has 0 saturated carbocycles. The minimum absolute atomic E-state index is 0.0244. The Hall–Kier alpha value is -3.26. The second kappa shape index (κ2) is 10.7. The van der Waals surface area contributed by atoms with E-state index in [4.69, 9.17) is 0 Å². The van der Waals surface area contributed by atoms with Crippen LogP contribution < -0.4 is 5.32 Å². The highest BCUT2D eigenvalue weighted by Gasteiger charge is 2.16. The number of Topliss-reactive ketones (excluding diaryl/α,β-unsaturated/α-hetero) is 1. The van der Waals surface area contributed by atoms with Gasteiger partial charge < -0.3 is 5.32 Å². The minimum Gasteiger partial charge on any atom is -0.326 e. The van der Waals surface area contributed by atoms with E-state index in [1.165, 1.54) is 11.8 Å². The highest BCUT2D eigenvalue weighted by molar-refractivity contribution is 7.99. The molecule has 0 atom stereocenters. The van der Waals surface area contributed by atoms with Crippen molar-refractivity contribution in [2.75, 3.05) is 11.1 Å². The molecule has 8 heteroatoms. The number of nitrogens with zero attached hydrogens (tertiary/aromatic N) is 4. The van der Waals surface area contributed by atoms with E-state index >= 15 is 0 Å². The van der Waals surface area contributed by atoms with Crippen molar-refractivity contribution < 1.29 is 9.59 Å². The molecular weight excluding hydrogens is 410 g/mol. The number of allylic oxidation sites excluding steroid dienone is 1. The molecule has 0 bridgehead atoms. The predicted molar refractivity (Wildman–Crippen MR) is 123 cm³/mol. The molecular formula is C23H25N5O2S. The topological polar surface area (TPSA) is 89.8 Å². The van der Waals surface area contributed by atoms with Gasteiger partial charge in [0.15, 0.2) is 16.8 Å². The minimum atomic E-state index is -0.0313. The smallest absolute Gasteiger partial charge is 0.224 e. The van der Waals surface area contributed by atoms with Crippen molar-refractivity contribution in [1.29, 1.82) is 0 Å². The normalized spacial score (nSPS) is 10.8. The number of hydrogen-bond donors (Lipinski definition) is 1. The van der Waals surface area contributed by atoms with Crippen molar-refractivity contribution >= 4 is 29.1 Å². The van der Waals surface area contributed by atoms with Crippen LogP contribution in [0.25, 0.3) is 11.4 Å². The molecule has 2 heterocycles. The Morgan fingerprint density at radius 2 is 1.84 bits per heavy atom. The number of amides is 1. The van der Waals surface area contributed by atoms with Gasteiger partial charge in [-0.05, 0) is 42.3 Å². The molecule has 0 aliphatic carbocycles. The zero-order valence-corrected chi connectivity index (χ0v) is 18.4. The number of ketones is 1. The van der Waals surface area contributed by atoms with Crippen LogP contribution >= 0.6 is 11.8 Å². The maximum Gasteiger partial charge on any atom is 0.224 e. The molecule has 31 heavy (non-hydrogen) atoms. The van der Waals surface area contributed by atoms with Gasteiger partial charge in [0.1, 0.15) is 0 Å². The summed E-state index contributed by atoms with van der Waals surface area (Å²) in [6.07, 6.45) is 5.64. The van der Waals surface area contributed by atoms with E-state index in [0.717, 1.165) is 5.56 Å². The number of thioether (sulfide) groups is 1. The Morgan fingerprint density at radius 1 is 1.13 bits per heavy atom. The zero-order valence-electron chi connectivity index (χ0n) is 17.6. The largest absolute Gasteiger partial charge is 0.326 e. The lowest BCUT2D eigenvalue weighted by molar-refractivity contribution is -0.116. The quantitative estimate of drug-likeness (QED) is 0.287. The number of hydrogen-bond acceptors (Lipinski definition) is 6. The average molecular weight is 436 g/mol. The molecule has 0 saturated heterocycles. The van der Waals surface area contributed by atoms with Crippen molar-refractivity contribution in [3.63, 3.8) is 0 Å². The number of aromatic nitrogens is 4. The summed E-state index contributed by atoms with van der Waals surface area (Å²) in [6.45, 7) is 8.33. The summed E-state index contributed by atoms with van der Waals surface area (Å²) < 4.78 is 1.92. The van der Waals surface area contributed by atoms with Crippen molar-refractivity contribution in [3.05, 3.63) is 67.0 Å². The standard InChI is InChI=1S/C23H25N5O2S/c1-4-13-28-22(18-9-11-24-12-10-18)26-27-23(28)31-15-20(29)17-5-7-19(8-6-17)25-21(30)14-16(2)3/h4-12,16H,1,13-15H2,2-3H3,(H,25,30). The zero-order chi connectivity index (χ0) is 22.2. The Morgan fingerprint density at radius 3 is 2.48 bits per heavy atom. The van der Waals surface area contributed by atoms with Crippen LogP contribution in [0.15, 0.2) is 66.6 Å². The lowest BCUT2D eigenvalue weighted by Crippen LogP contribution is -2.14. The summed E-state index contributed by atoms with van der Waals surface area (Å²) in [5.74, 6) is 1.17. The third-order valence-corrected chi connectivity index (χ3v) is 5.35. The SMILES string of the molecule is C=CCn1c(SCC(=O)c2ccc(NC(=O)CC(C)C)cc2)nnc1-c1ccncc1. The fourth-order valence-corrected chi connectivity index (χ4v) is 3.78. The first-order valence-corrected chi connectivity index (χ1v) is 11.0. The number of anilines is 1. The van der Waals surface area contributed by atoms with Gasteiger partial charge in [0.05, 0.1) is 5.75 Å². The van der Waals surface area contributed by atoms with Crippen molar-refractivity contribution in [2.24, 2.45) is 5.92 Å². The molecule has 3 rings (SSSR count). The summed E-state index contributed by atoms with van der Waals surface area (Å²) in [5, 5.41) is 12.0. The van der Waals surface area contributed by atoms with Gasteiger partial charge in [-0.25, -0.2) is 0 Å². The number of pyridine rings is 1. The van der Waals surface area contributed by atoms with Crippen LogP contribution in [0.3, 0.4) is 0 Å². The molecule has 2 aromatic heterocycles. The monoisotopic (exact) mass is 435 g/mol. The second-order valence-electron chi connectivity index (χ2n) is 7.38. The summed E-state index contributed by atoms with van der Waals surface area (Å²) in [6, 6.07) is 10.7. The third kappa shape index (κ3) is 6.11. The van der Waals surface area contributed by atoms with Crippen LogP contribution in [-0.2, 0) is 11.3 Å². The highest BCUT2D eigenvalue weighted by Crippen LogP contribution is 2.24. The maximum atomic E-state index is 12.6. The molecule has 0 aliphatic heterocycles. The maximum absolute atomic E-state index is 12.6. The first-order valence-electron chi connectivity index (χ1n) is 9.98.